The van der Waals surface area contributed by atoms with Gasteiger partial charge in [0.25, 0.3) is 0 Å². The van der Waals surface area contributed by atoms with E-state index < -0.39 is 5.82 Å². The lowest BCUT2D eigenvalue weighted by atomic mass is 9.97. The summed E-state index contributed by atoms with van der Waals surface area (Å²) in [7, 11) is 0. The zero-order chi connectivity index (χ0) is 21.0. The second-order valence-corrected chi connectivity index (χ2v) is 6.68. The first-order chi connectivity index (χ1) is 13.9. The lowest BCUT2D eigenvalue weighted by Crippen LogP contribution is -2.23. The van der Waals surface area contributed by atoms with Gasteiger partial charge in [-0.3, -0.25) is 0 Å². The molecular formula is C22H21ClFN5. The van der Waals surface area contributed by atoms with E-state index in [4.69, 9.17) is 23.1 Å². The Kier molecular flexibility index (Phi) is 6.14. The predicted molar refractivity (Wildman–Crippen MR) is 118 cm³/mol. The number of benzene rings is 2. The van der Waals surface area contributed by atoms with Gasteiger partial charge in [-0.25, -0.2) is 9.37 Å². The summed E-state index contributed by atoms with van der Waals surface area (Å²) in [5, 5.41) is 0.750. The van der Waals surface area contributed by atoms with Gasteiger partial charge < -0.3 is 16.4 Å². The van der Waals surface area contributed by atoms with Crippen LogP contribution in [0.25, 0.3) is 11.8 Å². The van der Waals surface area contributed by atoms with Crippen LogP contribution < -0.4 is 16.4 Å². The van der Waals surface area contributed by atoms with Gasteiger partial charge >= 0.3 is 0 Å². The summed E-state index contributed by atoms with van der Waals surface area (Å²) in [4.78, 5) is 8.88. The molecule has 2 aromatic carbocycles. The zero-order valence-electron chi connectivity index (χ0n) is 15.9. The van der Waals surface area contributed by atoms with Crippen LogP contribution in [0.3, 0.4) is 0 Å². The number of aromatic nitrogens is 2. The maximum atomic E-state index is 12.2. The third kappa shape index (κ3) is 4.38. The highest BCUT2D eigenvalue weighted by Crippen LogP contribution is 2.40. The van der Waals surface area contributed by atoms with Crippen LogP contribution in [0.4, 0.5) is 21.8 Å². The Hall–Kier alpha value is -3.38. The molecule has 4 N–H and O–H groups in total. The van der Waals surface area contributed by atoms with E-state index in [0.717, 1.165) is 40.2 Å². The molecule has 0 aliphatic carbocycles. The third-order valence-corrected chi connectivity index (χ3v) is 4.70. The monoisotopic (exact) mass is 409 g/mol. The summed E-state index contributed by atoms with van der Waals surface area (Å²) in [5.41, 5.74) is 15.5. The second-order valence-electron chi connectivity index (χ2n) is 6.27. The van der Waals surface area contributed by atoms with Crippen LogP contribution in [0.2, 0.25) is 5.02 Å². The number of hydrogen-bond donors (Lipinski definition) is 2. The lowest BCUT2D eigenvalue weighted by molar-refractivity contribution is 0.620. The van der Waals surface area contributed by atoms with Crippen molar-refractivity contribution in [1.29, 1.82) is 0 Å². The van der Waals surface area contributed by atoms with Crippen LogP contribution in [0.1, 0.15) is 24.5 Å². The molecule has 3 aromatic rings. The molecule has 2 heterocycles. The number of halogens is 2. The number of nitrogens with zero attached hydrogens (tertiary/aromatic N) is 3. The largest absolute Gasteiger partial charge is 0.381 e. The summed E-state index contributed by atoms with van der Waals surface area (Å²) < 4.78 is 12.2. The molecule has 0 spiro atoms. The highest BCUT2D eigenvalue weighted by atomic mass is 35.5. The fraction of sp³-hybridized carbons (Fsp3) is 0.0909. The Bertz CT molecular complexity index is 1070. The van der Waals surface area contributed by atoms with E-state index in [1.807, 2.05) is 30.3 Å². The zero-order valence-corrected chi connectivity index (χ0v) is 16.7. The molecule has 0 atom stereocenters. The topological polar surface area (TPSA) is 81.1 Å². The molecule has 0 saturated heterocycles. The molecule has 0 amide bonds. The molecule has 1 aromatic heterocycles. The fourth-order valence-electron chi connectivity index (χ4n) is 3.05. The Morgan fingerprint density at radius 1 is 1.10 bits per heavy atom. The van der Waals surface area contributed by atoms with E-state index in [1.54, 1.807) is 0 Å². The van der Waals surface area contributed by atoms with E-state index in [-0.39, 0.29) is 11.8 Å². The SMILES string of the molecule is C=C1c2c(Cl)cccc2C=C(CC)N1c1ccccc1.Nc1ncc(F)c(N)n1. The first-order valence-corrected chi connectivity index (χ1v) is 9.37. The molecular weight excluding hydrogens is 389 g/mol. The number of anilines is 3. The highest BCUT2D eigenvalue weighted by molar-refractivity contribution is 6.33. The number of rotatable bonds is 2. The maximum Gasteiger partial charge on any atom is 0.222 e. The Labute approximate surface area is 174 Å². The lowest BCUT2D eigenvalue weighted by Gasteiger charge is -2.34. The van der Waals surface area contributed by atoms with Crippen LogP contribution in [-0.4, -0.2) is 9.97 Å². The Morgan fingerprint density at radius 2 is 1.83 bits per heavy atom. The smallest absolute Gasteiger partial charge is 0.222 e. The van der Waals surface area contributed by atoms with Crippen LogP contribution in [0.15, 0.2) is 67.0 Å². The number of nitrogens with two attached hydrogens (primary N) is 2. The molecule has 29 heavy (non-hydrogen) atoms. The van der Waals surface area contributed by atoms with Gasteiger partial charge in [0, 0.05) is 22.6 Å². The van der Waals surface area contributed by atoms with Gasteiger partial charge in [-0.1, -0.05) is 55.4 Å². The molecule has 0 unspecified atom stereocenters. The summed E-state index contributed by atoms with van der Waals surface area (Å²) >= 11 is 6.36. The van der Waals surface area contributed by atoms with Crippen molar-refractivity contribution in [3.05, 3.63) is 89.0 Å². The Morgan fingerprint density at radius 3 is 2.45 bits per heavy atom. The molecule has 0 saturated carbocycles. The minimum atomic E-state index is -0.649. The first-order valence-electron chi connectivity index (χ1n) is 8.99. The van der Waals surface area contributed by atoms with E-state index in [2.05, 4.69) is 52.6 Å². The van der Waals surface area contributed by atoms with Crippen molar-refractivity contribution >= 4 is 40.8 Å². The number of nitrogen functional groups attached to an aromatic ring is 2. The molecule has 0 radical (unpaired) electrons. The maximum absolute atomic E-state index is 12.2. The normalized spacial score (nSPS) is 12.6. The van der Waals surface area contributed by atoms with Crippen LogP contribution in [0.5, 0.6) is 0 Å². The summed E-state index contributed by atoms with van der Waals surface area (Å²) in [5.74, 6) is -0.888. The molecule has 5 nitrogen and oxygen atoms in total. The molecule has 0 bridgehead atoms. The van der Waals surface area contributed by atoms with E-state index >= 15 is 0 Å². The van der Waals surface area contributed by atoms with E-state index in [1.165, 1.54) is 5.70 Å². The van der Waals surface area contributed by atoms with Gasteiger partial charge in [0.05, 0.1) is 11.2 Å². The third-order valence-electron chi connectivity index (χ3n) is 4.38. The van der Waals surface area contributed by atoms with Gasteiger partial charge in [-0.15, -0.1) is 0 Å². The van der Waals surface area contributed by atoms with Crippen LogP contribution in [0, 0.1) is 5.82 Å². The van der Waals surface area contributed by atoms with Gasteiger partial charge in [-0.2, -0.15) is 4.98 Å². The number of para-hydroxylation sites is 1. The van der Waals surface area contributed by atoms with Crippen molar-refractivity contribution in [3.63, 3.8) is 0 Å². The average molecular weight is 410 g/mol. The first kappa shape index (κ1) is 20.4. The van der Waals surface area contributed by atoms with Crippen molar-refractivity contribution in [1.82, 2.24) is 9.97 Å². The molecule has 1 aliphatic rings. The molecule has 0 fully saturated rings. The number of allylic oxidation sites excluding steroid dienone is 1. The van der Waals surface area contributed by atoms with Crippen molar-refractivity contribution < 1.29 is 4.39 Å². The minimum absolute atomic E-state index is 0.0195. The number of fused-ring (bicyclic) bond motifs is 1. The molecule has 7 heteroatoms. The van der Waals surface area contributed by atoms with Crippen molar-refractivity contribution in [3.8, 4) is 0 Å². The van der Waals surface area contributed by atoms with E-state index in [9.17, 15) is 4.39 Å². The standard InChI is InChI=1S/C18H16ClN.C4H5FN4/c1-3-15-12-14-8-7-11-17(19)18(14)13(2)20(15)16-9-5-4-6-10-16;5-2-1-8-4(7)9-3(2)6/h4-12H,2-3H2,1H3;1H,(H4,6,7,8,9). The molecule has 4 rings (SSSR count). The van der Waals surface area contributed by atoms with Gasteiger partial charge in [0.1, 0.15) is 0 Å². The second kappa shape index (κ2) is 8.75. The summed E-state index contributed by atoms with van der Waals surface area (Å²) in [6, 6.07) is 16.3. The molecule has 1 aliphatic heterocycles. The number of hydrogen-bond acceptors (Lipinski definition) is 5. The average Bonchev–Trinajstić information content (AvgIpc) is 2.72. The van der Waals surface area contributed by atoms with Crippen molar-refractivity contribution in [2.24, 2.45) is 0 Å². The minimum Gasteiger partial charge on any atom is -0.381 e. The highest BCUT2D eigenvalue weighted by Gasteiger charge is 2.23. The van der Waals surface area contributed by atoms with E-state index in [0.29, 0.717) is 0 Å². The van der Waals surface area contributed by atoms with Crippen molar-refractivity contribution in [2.75, 3.05) is 16.4 Å². The van der Waals surface area contributed by atoms with Crippen molar-refractivity contribution in [2.45, 2.75) is 13.3 Å². The van der Waals surface area contributed by atoms with Gasteiger partial charge in [0.15, 0.2) is 11.6 Å². The molecule has 148 valence electrons. The van der Waals surface area contributed by atoms with Gasteiger partial charge in [-0.05, 0) is 36.3 Å². The Balaban J connectivity index is 0.000000224. The summed E-state index contributed by atoms with van der Waals surface area (Å²) in [6.07, 6.45) is 4.07. The predicted octanol–water partition coefficient (Wildman–Crippen LogP) is 5.36. The van der Waals surface area contributed by atoms with Crippen LogP contribution >= 0.6 is 11.6 Å². The van der Waals surface area contributed by atoms with Crippen LogP contribution in [-0.2, 0) is 0 Å². The summed E-state index contributed by atoms with van der Waals surface area (Å²) in [6.45, 7) is 6.43. The van der Waals surface area contributed by atoms with Gasteiger partial charge in [0.2, 0.25) is 5.95 Å². The fourth-order valence-corrected chi connectivity index (χ4v) is 3.34. The quantitative estimate of drug-likeness (QED) is 0.595.